The number of benzene rings is 2. The first-order valence-electron chi connectivity index (χ1n) is 8.76. The van der Waals surface area contributed by atoms with E-state index >= 15 is 0 Å². The number of nitrogens with one attached hydrogen (secondary N) is 1. The molecule has 0 bridgehead atoms. The third kappa shape index (κ3) is 4.67. The normalized spacial score (nSPS) is 14.2. The molecular formula is C20H21Cl2NO4. The van der Waals surface area contributed by atoms with E-state index in [-0.39, 0.29) is 28.7 Å². The number of anilines is 1. The van der Waals surface area contributed by atoms with Crippen LogP contribution in [0.5, 0.6) is 11.5 Å². The molecule has 1 amide bonds. The van der Waals surface area contributed by atoms with Crippen LogP contribution in [0.1, 0.15) is 41.6 Å². The fraction of sp³-hybridized carbons (Fsp3) is 0.350. The van der Waals surface area contributed by atoms with Gasteiger partial charge in [0.1, 0.15) is 0 Å². The molecule has 7 heteroatoms. The van der Waals surface area contributed by atoms with Gasteiger partial charge < -0.3 is 19.9 Å². The second-order valence-corrected chi connectivity index (χ2v) is 7.25. The Morgan fingerprint density at radius 3 is 2.41 bits per heavy atom. The van der Waals surface area contributed by atoms with Crippen molar-refractivity contribution in [3.05, 3.63) is 51.5 Å². The Balaban J connectivity index is 1.82. The van der Waals surface area contributed by atoms with Gasteiger partial charge in [0, 0.05) is 5.56 Å². The maximum absolute atomic E-state index is 12.7. The number of aliphatic hydroxyl groups excluding tert-OH is 1. The second-order valence-electron chi connectivity index (χ2n) is 6.44. The molecule has 0 atom stereocenters. The molecule has 0 aromatic heterocycles. The molecule has 2 aromatic carbocycles. The Morgan fingerprint density at radius 2 is 1.81 bits per heavy atom. The standard InChI is InChI=1S/C20H21Cl2NO4/c1-26-17-7-6-13(10-18(17)27-14-4-2-3-5-14)20(25)23-19-15(21)8-12(11-24)9-16(19)22/h6-10,14,24H,2-5,11H2,1H3,(H,23,25). The molecule has 0 heterocycles. The van der Waals surface area contributed by atoms with Gasteiger partial charge in [0.05, 0.1) is 35.6 Å². The lowest BCUT2D eigenvalue weighted by molar-refractivity contribution is 0.102. The first-order valence-corrected chi connectivity index (χ1v) is 9.52. The van der Waals surface area contributed by atoms with E-state index < -0.39 is 0 Å². The largest absolute Gasteiger partial charge is 0.493 e. The van der Waals surface area contributed by atoms with Crippen LogP contribution >= 0.6 is 23.2 Å². The number of aliphatic hydroxyl groups is 1. The van der Waals surface area contributed by atoms with E-state index in [1.807, 2.05) is 0 Å². The van der Waals surface area contributed by atoms with E-state index in [2.05, 4.69) is 5.32 Å². The predicted octanol–water partition coefficient (Wildman–Crippen LogP) is 5.07. The molecule has 1 saturated carbocycles. The highest BCUT2D eigenvalue weighted by Crippen LogP contribution is 2.35. The van der Waals surface area contributed by atoms with Crippen LogP contribution < -0.4 is 14.8 Å². The van der Waals surface area contributed by atoms with Crippen molar-refractivity contribution in [3.63, 3.8) is 0 Å². The van der Waals surface area contributed by atoms with Gasteiger partial charge in [-0.15, -0.1) is 0 Å². The van der Waals surface area contributed by atoms with Crippen molar-refractivity contribution in [3.8, 4) is 11.5 Å². The Kier molecular flexibility index (Phi) is 6.47. The molecule has 2 N–H and O–H groups in total. The molecule has 3 rings (SSSR count). The van der Waals surface area contributed by atoms with Crippen LogP contribution in [-0.2, 0) is 6.61 Å². The average Bonchev–Trinajstić information content (AvgIpc) is 3.17. The van der Waals surface area contributed by atoms with Gasteiger partial charge in [0.2, 0.25) is 0 Å². The van der Waals surface area contributed by atoms with E-state index in [0.717, 1.165) is 25.7 Å². The molecule has 0 aliphatic heterocycles. The summed E-state index contributed by atoms with van der Waals surface area (Å²) in [6.07, 6.45) is 4.44. The highest BCUT2D eigenvalue weighted by atomic mass is 35.5. The Morgan fingerprint density at radius 1 is 1.15 bits per heavy atom. The second kappa shape index (κ2) is 8.83. The minimum absolute atomic E-state index is 0.145. The van der Waals surface area contributed by atoms with Gasteiger partial charge in [0.15, 0.2) is 11.5 Å². The SMILES string of the molecule is COc1ccc(C(=O)Nc2c(Cl)cc(CO)cc2Cl)cc1OC1CCCC1. The first-order chi connectivity index (χ1) is 13.0. The average molecular weight is 410 g/mol. The van der Waals surface area contributed by atoms with Gasteiger partial charge in [-0.3, -0.25) is 4.79 Å². The summed E-state index contributed by atoms with van der Waals surface area (Å²) in [5.74, 6) is 0.765. The van der Waals surface area contributed by atoms with Gasteiger partial charge in [-0.2, -0.15) is 0 Å². The molecule has 2 aromatic rings. The fourth-order valence-corrected chi connectivity index (χ4v) is 3.74. The third-order valence-corrected chi connectivity index (χ3v) is 5.14. The van der Waals surface area contributed by atoms with Crippen LogP contribution in [0.4, 0.5) is 5.69 Å². The zero-order chi connectivity index (χ0) is 19.4. The summed E-state index contributed by atoms with van der Waals surface area (Å²) < 4.78 is 11.4. The molecule has 0 spiro atoms. The highest BCUT2D eigenvalue weighted by molar-refractivity contribution is 6.40. The molecule has 0 radical (unpaired) electrons. The lowest BCUT2D eigenvalue weighted by Gasteiger charge is -2.17. The number of ether oxygens (including phenoxy) is 2. The Bertz CT molecular complexity index is 812. The van der Waals surface area contributed by atoms with Crippen LogP contribution in [0.15, 0.2) is 30.3 Å². The third-order valence-electron chi connectivity index (χ3n) is 4.54. The van der Waals surface area contributed by atoms with Crippen molar-refractivity contribution in [1.82, 2.24) is 0 Å². The van der Waals surface area contributed by atoms with E-state index in [0.29, 0.717) is 28.3 Å². The summed E-state index contributed by atoms with van der Waals surface area (Å²) in [7, 11) is 1.57. The number of halogens is 2. The summed E-state index contributed by atoms with van der Waals surface area (Å²) >= 11 is 12.4. The Labute approximate surface area is 168 Å². The van der Waals surface area contributed by atoms with Crippen LogP contribution in [0.3, 0.4) is 0 Å². The number of carbonyl (C=O) groups is 1. The molecule has 27 heavy (non-hydrogen) atoms. The molecule has 0 saturated heterocycles. The van der Waals surface area contributed by atoms with Gasteiger partial charge in [-0.1, -0.05) is 23.2 Å². The van der Waals surface area contributed by atoms with Crippen molar-refractivity contribution < 1.29 is 19.4 Å². The first kappa shape index (κ1) is 19.8. The lowest BCUT2D eigenvalue weighted by atomic mass is 10.1. The van der Waals surface area contributed by atoms with E-state index in [1.165, 1.54) is 0 Å². The predicted molar refractivity (Wildman–Crippen MR) is 106 cm³/mol. The van der Waals surface area contributed by atoms with E-state index in [9.17, 15) is 9.90 Å². The number of amides is 1. The summed E-state index contributed by atoms with van der Waals surface area (Å²) in [5.41, 5.74) is 1.27. The van der Waals surface area contributed by atoms with Crippen LogP contribution in [0, 0.1) is 0 Å². The number of hydrogen-bond acceptors (Lipinski definition) is 4. The van der Waals surface area contributed by atoms with Crippen LogP contribution in [0.25, 0.3) is 0 Å². The van der Waals surface area contributed by atoms with Crippen molar-refractivity contribution in [1.29, 1.82) is 0 Å². The molecule has 144 valence electrons. The molecule has 1 fully saturated rings. The topological polar surface area (TPSA) is 67.8 Å². The van der Waals surface area contributed by atoms with Crippen LogP contribution in [0.2, 0.25) is 10.0 Å². The van der Waals surface area contributed by atoms with E-state index in [4.69, 9.17) is 32.7 Å². The summed E-state index contributed by atoms with van der Waals surface area (Å²) in [6, 6.07) is 8.14. The van der Waals surface area contributed by atoms with Crippen molar-refractivity contribution in [2.75, 3.05) is 12.4 Å². The minimum atomic E-state index is -0.366. The van der Waals surface area contributed by atoms with Gasteiger partial charge in [-0.05, 0) is 61.6 Å². The van der Waals surface area contributed by atoms with Gasteiger partial charge in [-0.25, -0.2) is 0 Å². The minimum Gasteiger partial charge on any atom is -0.493 e. The molecular weight excluding hydrogens is 389 g/mol. The lowest BCUT2D eigenvalue weighted by Crippen LogP contribution is -2.15. The summed E-state index contributed by atoms with van der Waals surface area (Å²) in [6.45, 7) is -0.186. The maximum Gasteiger partial charge on any atom is 0.255 e. The molecule has 0 unspecified atom stereocenters. The zero-order valence-electron chi connectivity index (χ0n) is 14.9. The smallest absolute Gasteiger partial charge is 0.255 e. The summed E-state index contributed by atoms with van der Waals surface area (Å²) in [5, 5.41) is 12.4. The van der Waals surface area contributed by atoms with E-state index in [1.54, 1.807) is 37.4 Å². The quantitative estimate of drug-likeness (QED) is 0.698. The zero-order valence-corrected chi connectivity index (χ0v) is 16.4. The van der Waals surface area contributed by atoms with Gasteiger partial charge >= 0.3 is 0 Å². The highest BCUT2D eigenvalue weighted by Gasteiger charge is 2.20. The molecule has 1 aliphatic carbocycles. The number of carbonyl (C=O) groups excluding carboxylic acids is 1. The maximum atomic E-state index is 12.7. The fourth-order valence-electron chi connectivity index (χ4n) is 3.12. The van der Waals surface area contributed by atoms with Crippen molar-refractivity contribution in [2.24, 2.45) is 0 Å². The molecule has 1 aliphatic rings. The number of hydrogen-bond donors (Lipinski definition) is 2. The Hall–Kier alpha value is -1.95. The summed E-state index contributed by atoms with van der Waals surface area (Å²) in [4.78, 5) is 12.7. The molecule has 5 nitrogen and oxygen atoms in total. The van der Waals surface area contributed by atoms with Crippen LogP contribution in [-0.4, -0.2) is 24.2 Å². The van der Waals surface area contributed by atoms with Crippen molar-refractivity contribution in [2.45, 2.75) is 38.4 Å². The monoisotopic (exact) mass is 409 g/mol. The van der Waals surface area contributed by atoms with Crippen molar-refractivity contribution >= 4 is 34.8 Å². The van der Waals surface area contributed by atoms with Gasteiger partial charge in [0.25, 0.3) is 5.91 Å². The number of methoxy groups -OCH3 is 1. The number of rotatable bonds is 6.